The molecule has 2 aliphatic heterocycles. The lowest BCUT2D eigenvalue weighted by Gasteiger charge is -2.47. The number of likely N-dealkylation sites (tertiary alicyclic amines) is 1. The summed E-state index contributed by atoms with van der Waals surface area (Å²) in [5, 5.41) is 8.62. The maximum atomic E-state index is 13.4. The monoisotopic (exact) mass is 414 g/mol. The van der Waals surface area contributed by atoms with E-state index >= 15 is 0 Å². The lowest BCUT2D eigenvalue weighted by molar-refractivity contribution is -0.153. The van der Waals surface area contributed by atoms with E-state index in [1.165, 1.54) is 6.07 Å². The van der Waals surface area contributed by atoms with Crippen LogP contribution in [0.4, 0.5) is 4.39 Å². The summed E-state index contributed by atoms with van der Waals surface area (Å²) in [6.45, 7) is 2.32. The van der Waals surface area contributed by atoms with Crippen LogP contribution >= 0.6 is 0 Å². The van der Waals surface area contributed by atoms with Crippen molar-refractivity contribution >= 4 is 11.7 Å². The predicted molar refractivity (Wildman–Crippen MR) is 108 cm³/mol. The van der Waals surface area contributed by atoms with Crippen LogP contribution in [0.15, 0.2) is 47.6 Å². The number of ketones is 1. The molecular weight excluding hydrogens is 387 g/mol. The summed E-state index contributed by atoms with van der Waals surface area (Å²) in [5.41, 5.74) is 3.80. The van der Waals surface area contributed by atoms with E-state index in [0.717, 1.165) is 37.1 Å². The Labute approximate surface area is 175 Å². The van der Waals surface area contributed by atoms with Crippen LogP contribution in [-0.4, -0.2) is 46.6 Å². The van der Waals surface area contributed by atoms with Crippen molar-refractivity contribution < 1.29 is 23.9 Å². The summed E-state index contributed by atoms with van der Waals surface area (Å²) >= 11 is 0. The average Bonchev–Trinajstić information content (AvgIpc) is 2.74. The fourth-order valence-electron chi connectivity index (χ4n) is 4.64. The van der Waals surface area contributed by atoms with Gasteiger partial charge in [0.1, 0.15) is 5.82 Å². The number of halogens is 1. The lowest BCUT2D eigenvalue weighted by atomic mass is 9.78. The first-order valence-corrected chi connectivity index (χ1v) is 10.5. The predicted octanol–water partition coefficient (Wildman–Crippen LogP) is 3.06. The van der Waals surface area contributed by atoms with Crippen molar-refractivity contribution in [1.82, 2.24) is 10.4 Å². The molecule has 1 atom stereocenters. The van der Waals surface area contributed by atoms with Crippen LogP contribution < -0.4 is 5.48 Å². The van der Waals surface area contributed by atoms with Crippen molar-refractivity contribution in [2.24, 2.45) is 0 Å². The molecule has 6 nitrogen and oxygen atoms in total. The summed E-state index contributed by atoms with van der Waals surface area (Å²) < 4.78 is 19.9. The van der Waals surface area contributed by atoms with Gasteiger partial charge in [-0.3, -0.25) is 19.7 Å². The normalized spacial score (nSPS) is 23.5. The number of benzene rings is 1. The van der Waals surface area contributed by atoms with Crippen LogP contribution in [0.25, 0.3) is 0 Å². The summed E-state index contributed by atoms with van der Waals surface area (Å²) in [7, 11) is 0. The molecule has 0 radical (unpaired) electrons. The topological polar surface area (TPSA) is 78.9 Å². The lowest BCUT2D eigenvalue weighted by Crippen LogP contribution is -2.52. The third kappa shape index (κ3) is 4.69. The van der Waals surface area contributed by atoms with Gasteiger partial charge in [-0.25, -0.2) is 9.87 Å². The maximum Gasteiger partial charge on any atom is 0.243 e. The SMILES string of the molecule is O=C(CCC1=CCC2OC3(CCN(Cc4cccc(F)c4)CC3)CC(=O)C2=C1)NO. The number of allylic oxidation sites excluding steroid dienone is 2. The van der Waals surface area contributed by atoms with Gasteiger partial charge in [0.15, 0.2) is 5.78 Å². The number of nitrogens with zero attached hydrogens (tertiary/aromatic N) is 1. The van der Waals surface area contributed by atoms with E-state index in [0.29, 0.717) is 31.4 Å². The van der Waals surface area contributed by atoms with Crippen LogP contribution in [0.5, 0.6) is 0 Å². The highest BCUT2D eigenvalue weighted by Gasteiger charge is 2.45. The Morgan fingerprint density at radius 3 is 2.87 bits per heavy atom. The number of hydrogen-bond acceptors (Lipinski definition) is 5. The summed E-state index contributed by atoms with van der Waals surface area (Å²) in [5.74, 6) is -0.531. The Morgan fingerprint density at radius 2 is 2.13 bits per heavy atom. The number of piperidine rings is 1. The quantitative estimate of drug-likeness (QED) is 0.572. The number of fused-ring (bicyclic) bond motifs is 1. The van der Waals surface area contributed by atoms with E-state index in [9.17, 15) is 14.0 Å². The standard InChI is InChI=1S/C23H27FN2O4/c24-18-3-1-2-17(12-18)15-26-10-8-23(9-11-26)14-20(27)19-13-16(4-6-21(19)30-23)5-7-22(28)25-29/h1-4,12-13,21,29H,5-11,14-15H2,(H,25,28). The number of ether oxygens (including phenoxy) is 1. The van der Waals surface area contributed by atoms with E-state index in [2.05, 4.69) is 4.90 Å². The van der Waals surface area contributed by atoms with Crippen molar-refractivity contribution in [2.75, 3.05) is 13.1 Å². The van der Waals surface area contributed by atoms with Gasteiger partial charge in [-0.1, -0.05) is 23.8 Å². The zero-order chi connectivity index (χ0) is 21.1. The summed E-state index contributed by atoms with van der Waals surface area (Å²) in [6, 6.07) is 6.68. The summed E-state index contributed by atoms with van der Waals surface area (Å²) in [6.07, 6.45) is 6.88. The number of carbonyl (C=O) groups excluding carboxylic acids is 2. The maximum absolute atomic E-state index is 13.4. The minimum absolute atomic E-state index is 0.127. The molecule has 160 valence electrons. The average molecular weight is 414 g/mol. The van der Waals surface area contributed by atoms with E-state index in [4.69, 9.17) is 9.94 Å². The van der Waals surface area contributed by atoms with Crippen LogP contribution in [0.2, 0.25) is 0 Å². The van der Waals surface area contributed by atoms with Gasteiger partial charge >= 0.3 is 0 Å². The molecule has 1 aromatic rings. The second-order valence-corrected chi connectivity index (χ2v) is 8.44. The Hall–Kier alpha value is -2.35. The molecule has 0 bridgehead atoms. The Kier molecular flexibility index (Phi) is 6.13. The second-order valence-electron chi connectivity index (χ2n) is 8.44. The van der Waals surface area contributed by atoms with Gasteiger partial charge in [-0.05, 0) is 49.5 Å². The van der Waals surface area contributed by atoms with Crippen LogP contribution in [0.1, 0.15) is 44.1 Å². The molecule has 4 rings (SSSR count). The number of nitrogens with one attached hydrogen (secondary N) is 1. The van der Waals surface area contributed by atoms with Crippen LogP contribution in [0.3, 0.4) is 0 Å². The van der Waals surface area contributed by atoms with Gasteiger partial charge in [0.2, 0.25) is 5.91 Å². The Morgan fingerprint density at radius 1 is 1.33 bits per heavy atom. The molecule has 2 saturated heterocycles. The molecule has 0 saturated carbocycles. The van der Waals surface area contributed by atoms with Crippen molar-refractivity contribution in [3.05, 3.63) is 58.9 Å². The number of rotatable bonds is 5. The first-order chi connectivity index (χ1) is 14.5. The highest BCUT2D eigenvalue weighted by molar-refractivity contribution is 5.98. The number of amides is 1. The first kappa shape index (κ1) is 20.9. The van der Waals surface area contributed by atoms with Crippen LogP contribution in [0, 0.1) is 5.82 Å². The second kappa shape index (κ2) is 8.79. The minimum atomic E-state index is -0.438. The molecule has 1 spiro atoms. The Bertz CT molecular complexity index is 887. The van der Waals surface area contributed by atoms with E-state index in [1.807, 2.05) is 18.2 Å². The Balaban J connectivity index is 1.34. The van der Waals surface area contributed by atoms with Gasteiger partial charge in [0.05, 0.1) is 11.7 Å². The molecule has 2 heterocycles. The molecule has 1 aliphatic carbocycles. The molecule has 0 aromatic heterocycles. The molecule has 3 aliphatic rings. The molecule has 1 unspecified atom stereocenters. The minimum Gasteiger partial charge on any atom is -0.366 e. The third-order valence-corrected chi connectivity index (χ3v) is 6.31. The molecular formula is C23H27FN2O4. The van der Waals surface area contributed by atoms with Gasteiger partial charge in [0.25, 0.3) is 0 Å². The fraction of sp³-hybridized carbons (Fsp3) is 0.478. The number of hydroxylamine groups is 1. The molecule has 30 heavy (non-hydrogen) atoms. The van der Waals surface area contributed by atoms with Crippen molar-refractivity contribution in [3.8, 4) is 0 Å². The van der Waals surface area contributed by atoms with Gasteiger partial charge in [0, 0.05) is 38.0 Å². The van der Waals surface area contributed by atoms with E-state index in [1.54, 1.807) is 17.6 Å². The van der Waals surface area contributed by atoms with Gasteiger partial charge < -0.3 is 4.74 Å². The zero-order valence-electron chi connectivity index (χ0n) is 16.9. The fourth-order valence-corrected chi connectivity index (χ4v) is 4.64. The van der Waals surface area contributed by atoms with Gasteiger partial charge in [-0.15, -0.1) is 0 Å². The highest BCUT2D eigenvalue weighted by atomic mass is 19.1. The van der Waals surface area contributed by atoms with Crippen molar-refractivity contribution in [1.29, 1.82) is 0 Å². The van der Waals surface area contributed by atoms with E-state index in [-0.39, 0.29) is 24.1 Å². The molecule has 1 aromatic carbocycles. The third-order valence-electron chi connectivity index (χ3n) is 6.31. The first-order valence-electron chi connectivity index (χ1n) is 10.5. The van der Waals surface area contributed by atoms with Gasteiger partial charge in [-0.2, -0.15) is 0 Å². The summed E-state index contributed by atoms with van der Waals surface area (Å²) in [4.78, 5) is 26.4. The largest absolute Gasteiger partial charge is 0.366 e. The van der Waals surface area contributed by atoms with Crippen molar-refractivity contribution in [2.45, 2.75) is 56.8 Å². The number of carbonyl (C=O) groups is 2. The zero-order valence-corrected chi connectivity index (χ0v) is 16.9. The highest BCUT2D eigenvalue weighted by Crippen LogP contribution is 2.41. The van der Waals surface area contributed by atoms with Crippen LogP contribution in [-0.2, 0) is 20.9 Å². The number of Topliss-reactive ketones (excluding diaryl/α,β-unsaturated/α-hetero) is 1. The molecule has 7 heteroatoms. The smallest absolute Gasteiger partial charge is 0.243 e. The molecule has 2 fully saturated rings. The molecule has 1 amide bonds. The van der Waals surface area contributed by atoms with E-state index < -0.39 is 11.5 Å². The number of hydrogen-bond donors (Lipinski definition) is 2. The van der Waals surface area contributed by atoms with Crippen molar-refractivity contribution in [3.63, 3.8) is 0 Å². The molecule has 2 N–H and O–H groups in total.